The van der Waals surface area contributed by atoms with Crippen molar-refractivity contribution in [1.29, 1.82) is 0 Å². The van der Waals surface area contributed by atoms with E-state index in [0.717, 1.165) is 32.1 Å². The summed E-state index contributed by atoms with van der Waals surface area (Å²) < 4.78 is 0.846. The third-order valence-electron chi connectivity index (χ3n) is 6.01. The highest BCUT2D eigenvalue weighted by molar-refractivity contribution is 9.10. The molecule has 0 saturated heterocycles. The Morgan fingerprint density at radius 1 is 1.00 bits per heavy atom. The van der Waals surface area contributed by atoms with Crippen molar-refractivity contribution < 1.29 is 9.59 Å². The molecule has 180 valence electrons. The number of carbonyl (C=O) groups excluding carboxylic acids is 2. The molecule has 0 spiro atoms. The SMILES string of the molecule is NCCC(=O)N(CCc1c[nH]c2ccccc12)C(C(=O)NCc1ccccc1)c1cccc(Br)c1. The Morgan fingerprint density at radius 2 is 1.77 bits per heavy atom. The Morgan fingerprint density at radius 3 is 2.54 bits per heavy atom. The molecule has 35 heavy (non-hydrogen) atoms. The van der Waals surface area contributed by atoms with Gasteiger partial charge in [0, 0.05) is 47.6 Å². The standard InChI is InChI=1S/C28H29BrN4O2/c29-23-10-6-9-21(17-23)27(28(35)32-18-20-7-2-1-3-8-20)33(26(34)13-15-30)16-14-22-19-31-25-12-5-4-11-24(22)25/h1-12,17,19,27,31H,13-16,18,30H2,(H,32,35). The van der Waals surface area contributed by atoms with Crippen molar-refractivity contribution in [3.05, 3.63) is 106 Å². The maximum atomic E-state index is 13.6. The first-order valence-corrected chi connectivity index (χ1v) is 12.5. The molecular weight excluding hydrogens is 504 g/mol. The van der Waals surface area contributed by atoms with Crippen molar-refractivity contribution in [2.45, 2.75) is 25.4 Å². The Balaban J connectivity index is 1.63. The molecule has 1 unspecified atom stereocenters. The average molecular weight is 533 g/mol. The van der Waals surface area contributed by atoms with Gasteiger partial charge in [0.05, 0.1) is 0 Å². The molecule has 0 radical (unpaired) electrons. The van der Waals surface area contributed by atoms with E-state index in [0.29, 0.717) is 19.5 Å². The van der Waals surface area contributed by atoms with Gasteiger partial charge >= 0.3 is 0 Å². The summed E-state index contributed by atoms with van der Waals surface area (Å²) in [6.07, 6.45) is 2.75. The van der Waals surface area contributed by atoms with Crippen LogP contribution in [0.4, 0.5) is 0 Å². The minimum Gasteiger partial charge on any atom is -0.361 e. The van der Waals surface area contributed by atoms with Gasteiger partial charge in [-0.15, -0.1) is 0 Å². The predicted octanol–water partition coefficient (Wildman–Crippen LogP) is 4.71. The third-order valence-corrected chi connectivity index (χ3v) is 6.50. The molecule has 4 N–H and O–H groups in total. The van der Waals surface area contributed by atoms with Crippen LogP contribution in [-0.4, -0.2) is 34.8 Å². The lowest BCUT2D eigenvalue weighted by molar-refractivity contribution is -0.140. The minimum atomic E-state index is -0.777. The number of hydrogen-bond acceptors (Lipinski definition) is 3. The highest BCUT2D eigenvalue weighted by Crippen LogP contribution is 2.27. The van der Waals surface area contributed by atoms with Gasteiger partial charge in [-0.3, -0.25) is 9.59 Å². The van der Waals surface area contributed by atoms with E-state index in [4.69, 9.17) is 5.73 Å². The van der Waals surface area contributed by atoms with Gasteiger partial charge in [0.1, 0.15) is 6.04 Å². The zero-order valence-corrected chi connectivity index (χ0v) is 21.0. The van der Waals surface area contributed by atoms with Crippen molar-refractivity contribution in [3.8, 4) is 0 Å². The third kappa shape index (κ3) is 6.18. The molecule has 2 amide bonds. The van der Waals surface area contributed by atoms with Crippen LogP contribution in [0.1, 0.15) is 29.2 Å². The van der Waals surface area contributed by atoms with Crippen LogP contribution in [0.3, 0.4) is 0 Å². The van der Waals surface area contributed by atoms with Crippen LogP contribution in [0.25, 0.3) is 10.9 Å². The van der Waals surface area contributed by atoms with Gasteiger partial charge in [0.15, 0.2) is 0 Å². The maximum Gasteiger partial charge on any atom is 0.247 e. The van der Waals surface area contributed by atoms with E-state index in [-0.39, 0.29) is 24.8 Å². The second kappa shape index (κ2) is 11.8. The monoisotopic (exact) mass is 532 g/mol. The highest BCUT2D eigenvalue weighted by Gasteiger charge is 2.31. The van der Waals surface area contributed by atoms with Gasteiger partial charge in [-0.2, -0.15) is 0 Å². The van der Waals surface area contributed by atoms with Gasteiger partial charge in [0.25, 0.3) is 0 Å². The number of hydrogen-bond donors (Lipinski definition) is 3. The summed E-state index contributed by atoms with van der Waals surface area (Å²) >= 11 is 3.51. The lowest BCUT2D eigenvalue weighted by Crippen LogP contribution is -2.45. The van der Waals surface area contributed by atoms with Crippen LogP contribution in [0, 0.1) is 0 Å². The van der Waals surface area contributed by atoms with Gasteiger partial charge in [0.2, 0.25) is 11.8 Å². The van der Waals surface area contributed by atoms with Crippen molar-refractivity contribution >= 4 is 38.6 Å². The van der Waals surface area contributed by atoms with E-state index in [1.54, 1.807) is 4.90 Å². The van der Waals surface area contributed by atoms with Crippen LogP contribution >= 0.6 is 15.9 Å². The number of carbonyl (C=O) groups is 2. The molecule has 7 heteroatoms. The quantitative estimate of drug-likeness (QED) is 0.276. The molecule has 0 aliphatic carbocycles. The predicted molar refractivity (Wildman–Crippen MR) is 143 cm³/mol. The maximum absolute atomic E-state index is 13.6. The van der Waals surface area contributed by atoms with Gasteiger partial charge in [-0.05, 0) is 41.3 Å². The lowest BCUT2D eigenvalue weighted by atomic mass is 10.0. The van der Waals surface area contributed by atoms with E-state index in [1.807, 2.05) is 79.0 Å². The Kier molecular flexibility index (Phi) is 8.34. The molecule has 1 atom stereocenters. The summed E-state index contributed by atoms with van der Waals surface area (Å²) in [7, 11) is 0. The largest absolute Gasteiger partial charge is 0.361 e. The first kappa shape index (κ1) is 24.7. The minimum absolute atomic E-state index is 0.146. The van der Waals surface area contributed by atoms with E-state index in [2.05, 4.69) is 32.3 Å². The second-order valence-electron chi connectivity index (χ2n) is 8.40. The number of aromatic nitrogens is 1. The highest BCUT2D eigenvalue weighted by atomic mass is 79.9. The molecule has 0 aliphatic heterocycles. The Labute approximate surface area is 213 Å². The average Bonchev–Trinajstić information content (AvgIpc) is 3.29. The molecule has 3 aromatic carbocycles. The topological polar surface area (TPSA) is 91.2 Å². The first-order valence-electron chi connectivity index (χ1n) is 11.7. The number of rotatable bonds is 10. The van der Waals surface area contributed by atoms with Crippen molar-refractivity contribution in [2.24, 2.45) is 5.73 Å². The number of benzene rings is 3. The summed E-state index contributed by atoms with van der Waals surface area (Å²) in [6.45, 7) is 0.988. The molecular formula is C28H29BrN4O2. The Hall–Kier alpha value is -3.42. The van der Waals surface area contributed by atoms with Gasteiger partial charge in [-0.1, -0.05) is 76.6 Å². The summed E-state index contributed by atoms with van der Waals surface area (Å²) in [5.74, 6) is -0.372. The number of fused-ring (bicyclic) bond motifs is 1. The normalized spacial score (nSPS) is 11.8. The van der Waals surface area contributed by atoms with Crippen molar-refractivity contribution in [1.82, 2.24) is 15.2 Å². The molecule has 0 aliphatic rings. The molecule has 6 nitrogen and oxygen atoms in total. The summed E-state index contributed by atoms with van der Waals surface area (Å²) in [6, 6.07) is 24.6. The van der Waals surface area contributed by atoms with E-state index in [1.165, 1.54) is 0 Å². The number of nitrogens with one attached hydrogen (secondary N) is 2. The van der Waals surface area contributed by atoms with Crippen LogP contribution in [-0.2, 0) is 22.6 Å². The zero-order valence-electron chi connectivity index (χ0n) is 19.4. The smallest absolute Gasteiger partial charge is 0.247 e. The number of amides is 2. The molecule has 1 aromatic heterocycles. The van der Waals surface area contributed by atoms with Crippen LogP contribution < -0.4 is 11.1 Å². The van der Waals surface area contributed by atoms with Crippen molar-refractivity contribution in [3.63, 3.8) is 0 Å². The fraction of sp³-hybridized carbons (Fsp3) is 0.214. The summed E-state index contributed by atoms with van der Waals surface area (Å²) in [4.78, 5) is 31.8. The lowest BCUT2D eigenvalue weighted by Gasteiger charge is -2.31. The molecule has 4 rings (SSSR count). The number of halogens is 1. The van der Waals surface area contributed by atoms with Crippen LogP contribution in [0.5, 0.6) is 0 Å². The number of para-hydroxylation sites is 1. The zero-order chi connectivity index (χ0) is 24.6. The molecule has 1 heterocycles. The fourth-order valence-electron chi connectivity index (χ4n) is 4.28. The number of aromatic amines is 1. The number of nitrogens with zero attached hydrogens (tertiary/aromatic N) is 1. The van der Waals surface area contributed by atoms with Gasteiger partial charge in [-0.25, -0.2) is 0 Å². The molecule has 0 saturated carbocycles. The van der Waals surface area contributed by atoms with Gasteiger partial charge < -0.3 is 20.9 Å². The van der Waals surface area contributed by atoms with E-state index < -0.39 is 6.04 Å². The van der Waals surface area contributed by atoms with Crippen LogP contribution in [0.15, 0.2) is 89.5 Å². The second-order valence-corrected chi connectivity index (χ2v) is 9.31. The van der Waals surface area contributed by atoms with Crippen molar-refractivity contribution in [2.75, 3.05) is 13.1 Å². The fourth-order valence-corrected chi connectivity index (χ4v) is 4.69. The summed E-state index contributed by atoms with van der Waals surface area (Å²) in [5, 5.41) is 4.15. The first-order chi connectivity index (χ1) is 17.1. The Bertz CT molecular complexity index is 1290. The molecule has 4 aromatic rings. The molecule has 0 bridgehead atoms. The van der Waals surface area contributed by atoms with Crippen LogP contribution in [0.2, 0.25) is 0 Å². The summed E-state index contributed by atoms with van der Waals surface area (Å²) in [5.41, 5.74) is 9.63. The number of H-pyrrole nitrogens is 1. The molecule has 0 fully saturated rings. The number of nitrogens with two attached hydrogens (primary N) is 1. The van der Waals surface area contributed by atoms with E-state index >= 15 is 0 Å². The van der Waals surface area contributed by atoms with E-state index in [9.17, 15) is 9.59 Å².